The van der Waals surface area contributed by atoms with Crippen molar-refractivity contribution in [3.8, 4) is 12.1 Å². The number of rotatable bonds is 4. The Morgan fingerprint density at radius 1 is 1.41 bits per heavy atom. The number of hydrogen-bond donors (Lipinski definition) is 0. The van der Waals surface area contributed by atoms with Crippen LogP contribution in [0.25, 0.3) is 0 Å². The lowest BCUT2D eigenvalue weighted by Crippen LogP contribution is -2.24. The van der Waals surface area contributed by atoms with E-state index in [1.165, 1.54) is 0 Å². The average Bonchev–Trinajstić information content (AvgIpc) is 2.37. The van der Waals surface area contributed by atoms with E-state index in [0.717, 1.165) is 11.3 Å². The molecule has 1 atom stereocenters. The first-order chi connectivity index (χ1) is 8.12. The lowest BCUT2D eigenvalue weighted by atomic mass is 10.1. The molecule has 1 rings (SSSR count). The lowest BCUT2D eigenvalue weighted by molar-refractivity contribution is 0.716. The first-order valence-corrected chi connectivity index (χ1v) is 5.85. The molecule has 0 aliphatic heterocycles. The van der Waals surface area contributed by atoms with Crippen LogP contribution in [0, 0.1) is 28.6 Å². The predicted molar refractivity (Wildman–Crippen MR) is 68.8 cm³/mol. The molecule has 0 radical (unpaired) electrons. The van der Waals surface area contributed by atoms with Crippen LogP contribution >= 0.6 is 11.6 Å². The van der Waals surface area contributed by atoms with Crippen LogP contribution in [-0.4, -0.2) is 13.6 Å². The van der Waals surface area contributed by atoms with Gasteiger partial charge in [0.05, 0.1) is 23.2 Å². The Kier molecular flexibility index (Phi) is 4.82. The second-order valence-electron chi connectivity index (χ2n) is 4.01. The van der Waals surface area contributed by atoms with E-state index < -0.39 is 0 Å². The van der Waals surface area contributed by atoms with Gasteiger partial charge < -0.3 is 4.90 Å². The van der Waals surface area contributed by atoms with Crippen LogP contribution < -0.4 is 4.90 Å². The molecule has 0 saturated heterocycles. The minimum absolute atomic E-state index is 0.0701. The fourth-order valence-corrected chi connectivity index (χ4v) is 1.80. The van der Waals surface area contributed by atoms with Crippen LogP contribution in [0.15, 0.2) is 18.2 Å². The van der Waals surface area contributed by atoms with Gasteiger partial charge in [-0.05, 0) is 24.6 Å². The highest BCUT2D eigenvalue weighted by Crippen LogP contribution is 2.22. The van der Waals surface area contributed by atoms with Crippen molar-refractivity contribution in [2.45, 2.75) is 12.8 Å². The molecule has 3 nitrogen and oxygen atoms in total. The smallest absolute Gasteiger partial charge is 0.101 e. The van der Waals surface area contributed by atoms with E-state index in [4.69, 9.17) is 22.1 Å². The third-order valence-electron chi connectivity index (χ3n) is 2.52. The van der Waals surface area contributed by atoms with E-state index in [-0.39, 0.29) is 5.92 Å². The molecule has 17 heavy (non-hydrogen) atoms. The largest absolute Gasteiger partial charge is 0.372 e. The first-order valence-electron chi connectivity index (χ1n) is 5.32. The molecule has 0 saturated carbocycles. The van der Waals surface area contributed by atoms with Crippen LogP contribution in [0.4, 0.5) is 5.69 Å². The molecule has 4 heteroatoms. The van der Waals surface area contributed by atoms with Gasteiger partial charge >= 0.3 is 0 Å². The van der Waals surface area contributed by atoms with Crippen molar-refractivity contribution in [3.05, 3.63) is 29.3 Å². The van der Waals surface area contributed by atoms with Crippen LogP contribution in [-0.2, 0) is 5.88 Å². The van der Waals surface area contributed by atoms with Crippen molar-refractivity contribution in [1.29, 1.82) is 10.5 Å². The summed E-state index contributed by atoms with van der Waals surface area (Å²) in [5.74, 6) is 0.326. The third kappa shape index (κ3) is 3.37. The monoisotopic (exact) mass is 247 g/mol. The maximum Gasteiger partial charge on any atom is 0.101 e. The Balaban J connectivity index is 2.98. The lowest BCUT2D eigenvalue weighted by Gasteiger charge is -2.21. The SMILES string of the molecule is CC(C#N)CN(C)c1ccc(CCl)cc1C#N. The van der Waals surface area contributed by atoms with Gasteiger partial charge in [0.2, 0.25) is 0 Å². The summed E-state index contributed by atoms with van der Waals surface area (Å²) >= 11 is 5.73. The van der Waals surface area contributed by atoms with Gasteiger partial charge in [0.1, 0.15) is 6.07 Å². The maximum atomic E-state index is 9.09. The number of nitriles is 2. The topological polar surface area (TPSA) is 50.8 Å². The normalized spacial score (nSPS) is 11.4. The molecular formula is C13H14ClN3. The zero-order chi connectivity index (χ0) is 12.8. The van der Waals surface area contributed by atoms with Crippen molar-refractivity contribution in [2.24, 2.45) is 5.92 Å². The van der Waals surface area contributed by atoms with Crippen molar-refractivity contribution >= 4 is 17.3 Å². The van der Waals surface area contributed by atoms with E-state index in [1.54, 1.807) is 6.07 Å². The molecule has 0 spiro atoms. The Labute approximate surface area is 107 Å². The summed E-state index contributed by atoms with van der Waals surface area (Å²) in [6.45, 7) is 2.46. The minimum atomic E-state index is -0.0701. The number of nitrogens with zero attached hydrogens (tertiary/aromatic N) is 3. The van der Waals surface area contributed by atoms with Gasteiger partial charge in [-0.1, -0.05) is 6.07 Å². The molecular weight excluding hydrogens is 234 g/mol. The van der Waals surface area contributed by atoms with Gasteiger partial charge in [0, 0.05) is 19.5 Å². The van der Waals surface area contributed by atoms with E-state index in [9.17, 15) is 0 Å². The van der Waals surface area contributed by atoms with E-state index in [1.807, 2.05) is 31.0 Å². The van der Waals surface area contributed by atoms with Crippen molar-refractivity contribution in [1.82, 2.24) is 0 Å². The van der Waals surface area contributed by atoms with Crippen LogP contribution in [0.2, 0.25) is 0 Å². The summed E-state index contributed by atoms with van der Waals surface area (Å²) in [7, 11) is 1.88. The van der Waals surface area contributed by atoms with Gasteiger partial charge in [-0.25, -0.2) is 0 Å². The second-order valence-corrected chi connectivity index (χ2v) is 4.27. The highest BCUT2D eigenvalue weighted by atomic mass is 35.5. The van der Waals surface area contributed by atoms with Gasteiger partial charge in [-0.2, -0.15) is 10.5 Å². The van der Waals surface area contributed by atoms with Crippen molar-refractivity contribution in [3.63, 3.8) is 0 Å². The van der Waals surface area contributed by atoms with Gasteiger partial charge in [-0.15, -0.1) is 11.6 Å². The Morgan fingerprint density at radius 2 is 2.12 bits per heavy atom. The summed E-state index contributed by atoms with van der Waals surface area (Å²) < 4.78 is 0. The highest BCUT2D eigenvalue weighted by Gasteiger charge is 2.10. The maximum absolute atomic E-state index is 9.09. The van der Waals surface area contributed by atoms with E-state index >= 15 is 0 Å². The molecule has 0 aliphatic carbocycles. The molecule has 0 heterocycles. The van der Waals surface area contributed by atoms with Crippen molar-refractivity contribution < 1.29 is 0 Å². The molecule has 88 valence electrons. The number of alkyl halides is 1. The molecule has 0 amide bonds. The summed E-state index contributed by atoms with van der Waals surface area (Å²) in [5, 5.41) is 17.9. The summed E-state index contributed by atoms with van der Waals surface area (Å²) in [4.78, 5) is 1.92. The number of halogens is 1. The van der Waals surface area contributed by atoms with Gasteiger partial charge in [0.25, 0.3) is 0 Å². The van der Waals surface area contributed by atoms with E-state index in [2.05, 4.69) is 12.1 Å². The quantitative estimate of drug-likeness (QED) is 0.769. The number of hydrogen-bond acceptors (Lipinski definition) is 3. The molecule has 1 unspecified atom stereocenters. The zero-order valence-electron chi connectivity index (χ0n) is 9.94. The molecule has 1 aromatic rings. The van der Waals surface area contributed by atoms with Crippen molar-refractivity contribution in [2.75, 3.05) is 18.5 Å². The highest BCUT2D eigenvalue weighted by molar-refractivity contribution is 6.17. The molecule has 0 bridgehead atoms. The Hall–Kier alpha value is -1.71. The summed E-state index contributed by atoms with van der Waals surface area (Å²) in [6.07, 6.45) is 0. The fourth-order valence-electron chi connectivity index (χ4n) is 1.64. The zero-order valence-corrected chi connectivity index (χ0v) is 10.7. The molecule has 0 aromatic heterocycles. The van der Waals surface area contributed by atoms with E-state index in [0.29, 0.717) is 18.0 Å². The predicted octanol–water partition coefficient (Wildman–Crippen LogP) is 2.89. The van der Waals surface area contributed by atoms with Crippen LogP contribution in [0.5, 0.6) is 0 Å². The van der Waals surface area contributed by atoms with Crippen LogP contribution in [0.1, 0.15) is 18.1 Å². The Morgan fingerprint density at radius 3 is 2.65 bits per heavy atom. The standard InChI is InChI=1S/C13H14ClN3/c1-10(7-15)9-17(2)13-4-3-11(6-14)5-12(13)8-16/h3-5,10H,6,9H2,1-2H3. The minimum Gasteiger partial charge on any atom is -0.372 e. The second kappa shape index (κ2) is 6.13. The molecule has 1 aromatic carbocycles. The molecule has 0 aliphatic rings. The summed E-state index contributed by atoms with van der Waals surface area (Å²) in [5.41, 5.74) is 2.35. The summed E-state index contributed by atoms with van der Waals surface area (Å²) in [6, 6.07) is 9.90. The van der Waals surface area contributed by atoms with Gasteiger partial charge in [0.15, 0.2) is 0 Å². The Bertz CT molecular complexity index is 471. The average molecular weight is 248 g/mol. The molecule has 0 fully saturated rings. The van der Waals surface area contributed by atoms with Crippen LogP contribution in [0.3, 0.4) is 0 Å². The third-order valence-corrected chi connectivity index (χ3v) is 2.82. The first kappa shape index (κ1) is 13.4. The molecule has 0 N–H and O–H groups in total. The number of anilines is 1. The fraction of sp³-hybridized carbons (Fsp3) is 0.385. The number of benzene rings is 1. The van der Waals surface area contributed by atoms with Gasteiger partial charge in [-0.3, -0.25) is 0 Å².